The van der Waals surface area contributed by atoms with Crippen LogP contribution in [0, 0.1) is 5.82 Å². The minimum atomic E-state index is -3.84. The zero-order valence-electron chi connectivity index (χ0n) is 13.7. The number of benzene rings is 2. The van der Waals surface area contributed by atoms with Gasteiger partial charge in [0.05, 0.1) is 4.90 Å². The third-order valence-corrected chi connectivity index (χ3v) is 5.27. The maximum absolute atomic E-state index is 14.0. The zero-order chi connectivity index (χ0) is 19.3. The predicted molar refractivity (Wildman–Crippen MR) is 89.7 cm³/mol. The van der Waals surface area contributed by atoms with Crippen molar-refractivity contribution in [2.24, 2.45) is 0 Å². The number of halogens is 3. The molecule has 1 N–H and O–H groups in total. The van der Waals surface area contributed by atoms with Gasteiger partial charge in [-0.3, -0.25) is 0 Å². The Morgan fingerprint density at radius 1 is 1.31 bits per heavy atom. The summed E-state index contributed by atoms with van der Waals surface area (Å²) in [7, 11) is -3.84. The Bertz CT molecular complexity index is 1000. The standard InChI is InChI=1S/C18H15F3O4S/c1-3-10-6-11(19)8-12(7-10)25-14-4-5-15(26(2,23)24)16-13(14)9-18(20,21)17(16)22/h3-8,17,22H,1,9H2,2H3/t17-/m0/s1. The van der Waals surface area contributed by atoms with Crippen LogP contribution >= 0.6 is 0 Å². The van der Waals surface area contributed by atoms with Gasteiger partial charge in [0.2, 0.25) is 0 Å². The van der Waals surface area contributed by atoms with E-state index in [-0.39, 0.29) is 27.5 Å². The van der Waals surface area contributed by atoms with Crippen molar-refractivity contribution in [2.45, 2.75) is 23.3 Å². The van der Waals surface area contributed by atoms with Crippen molar-refractivity contribution in [3.8, 4) is 11.5 Å². The van der Waals surface area contributed by atoms with E-state index < -0.39 is 34.1 Å². The largest absolute Gasteiger partial charge is 0.457 e. The van der Waals surface area contributed by atoms with Crippen LogP contribution in [0.1, 0.15) is 22.8 Å². The summed E-state index contributed by atoms with van der Waals surface area (Å²) in [5, 5.41) is 9.93. The van der Waals surface area contributed by atoms with E-state index in [0.717, 1.165) is 18.4 Å². The van der Waals surface area contributed by atoms with Crippen molar-refractivity contribution in [3.05, 3.63) is 59.4 Å². The summed E-state index contributed by atoms with van der Waals surface area (Å²) in [6, 6.07) is 6.06. The smallest absolute Gasteiger partial charge is 0.281 e. The van der Waals surface area contributed by atoms with Crippen LogP contribution in [0.25, 0.3) is 6.08 Å². The molecule has 0 heterocycles. The lowest BCUT2D eigenvalue weighted by Crippen LogP contribution is -2.22. The fraction of sp³-hybridized carbons (Fsp3) is 0.222. The van der Waals surface area contributed by atoms with Crippen molar-refractivity contribution in [1.29, 1.82) is 0 Å². The van der Waals surface area contributed by atoms with Gasteiger partial charge in [-0.1, -0.05) is 12.7 Å². The minimum absolute atomic E-state index is 0.0407. The highest BCUT2D eigenvalue weighted by Gasteiger charge is 2.50. The number of aliphatic hydroxyl groups is 1. The van der Waals surface area contributed by atoms with E-state index in [2.05, 4.69) is 6.58 Å². The van der Waals surface area contributed by atoms with Crippen molar-refractivity contribution in [3.63, 3.8) is 0 Å². The van der Waals surface area contributed by atoms with Crippen LogP contribution in [-0.4, -0.2) is 25.7 Å². The molecule has 1 aliphatic rings. The molecule has 0 aromatic heterocycles. The first-order valence-electron chi connectivity index (χ1n) is 7.55. The zero-order valence-corrected chi connectivity index (χ0v) is 14.5. The summed E-state index contributed by atoms with van der Waals surface area (Å²) in [4.78, 5) is -0.379. The lowest BCUT2D eigenvalue weighted by Gasteiger charge is -2.15. The fourth-order valence-electron chi connectivity index (χ4n) is 2.96. The summed E-state index contributed by atoms with van der Waals surface area (Å²) >= 11 is 0. The van der Waals surface area contributed by atoms with E-state index in [0.29, 0.717) is 5.56 Å². The van der Waals surface area contributed by atoms with Gasteiger partial charge >= 0.3 is 0 Å². The second-order valence-electron chi connectivity index (χ2n) is 6.09. The molecular formula is C18H15F3O4S. The van der Waals surface area contributed by atoms with Crippen LogP contribution in [0.2, 0.25) is 0 Å². The number of hydrogen-bond acceptors (Lipinski definition) is 4. The average Bonchev–Trinajstić information content (AvgIpc) is 2.77. The van der Waals surface area contributed by atoms with E-state index in [1.807, 2.05) is 0 Å². The number of fused-ring (bicyclic) bond motifs is 1. The van der Waals surface area contributed by atoms with Gasteiger partial charge in [0, 0.05) is 29.9 Å². The number of sulfone groups is 1. The molecule has 8 heteroatoms. The number of aliphatic hydroxyl groups excluding tert-OH is 1. The van der Waals surface area contributed by atoms with Crippen molar-refractivity contribution in [2.75, 3.05) is 6.26 Å². The van der Waals surface area contributed by atoms with Gasteiger partial charge in [0.15, 0.2) is 9.84 Å². The average molecular weight is 384 g/mol. The molecule has 2 aromatic carbocycles. The Kier molecular flexibility index (Phi) is 4.36. The van der Waals surface area contributed by atoms with E-state index in [4.69, 9.17) is 4.74 Å². The van der Waals surface area contributed by atoms with Gasteiger partial charge < -0.3 is 9.84 Å². The molecule has 0 fully saturated rings. The Morgan fingerprint density at radius 2 is 2.00 bits per heavy atom. The molecule has 0 saturated carbocycles. The summed E-state index contributed by atoms with van der Waals surface area (Å²) in [5.74, 6) is -4.16. The highest BCUT2D eigenvalue weighted by molar-refractivity contribution is 7.90. The molecule has 0 unspecified atom stereocenters. The highest BCUT2D eigenvalue weighted by atomic mass is 32.2. The Balaban J connectivity index is 2.14. The molecule has 0 spiro atoms. The molecule has 0 amide bonds. The second kappa shape index (κ2) is 6.14. The first-order chi connectivity index (χ1) is 12.0. The first-order valence-corrected chi connectivity index (χ1v) is 9.44. The monoisotopic (exact) mass is 384 g/mol. The maximum atomic E-state index is 14.0. The minimum Gasteiger partial charge on any atom is -0.457 e. The fourth-order valence-corrected chi connectivity index (χ4v) is 3.91. The molecule has 2 aromatic rings. The quantitative estimate of drug-likeness (QED) is 0.869. The third kappa shape index (κ3) is 3.22. The molecule has 4 nitrogen and oxygen atoms in total. The Labute approximate surface area is 148 Å². The molecule has 0 saturated heterocycles. The maximum Gasteiger partial charge on any atom is 0.281 e. The summed E-state index contributed by atoms with van der Waals surface area (Å²) < 4.78 is 71.0. The predicted octanol–water partition coefficient (Wildman–Crippen LogP) is 3.89. The highest BCUT2D eigenvalue weighted by Crippen LogP contribution is 2.49. The van der Waals surface area contributed by atoms with Crippen LogP contribution in [-0.2, 0) is 16.3 Å². The van der Waals surface area contributed by atoms with Gasteiger partial charge in [-0.15, -0.1) is 0 Å². The van der Waals surface area contributed by atoms with Gasteiger partial charge in [-0.05, 0) is 29.8 Å². The summed E-state index contributed by atoms with van der Waals surface area (Å²) in [6.45, 7) is 3.52. The molecule has 0 radical (unpaired) electrons. The van der Waals surface area contributed by atoms with Gasteiger partial charge in [-0.25, -0.2) is 21.6 Å². The first kappa shape index (κ1) is 18.5. The summed E-state index contributed by atoms with van der Waals surface area (Å²) in [6.07, 6.45) is -0.881. The van der Waals surface area contributed by atoms with E-state index in [9.17, 15) is 26.7 Å². The van der Waals surface area contributed by atoms with Crippen molar-refractivity contribution < 1.29 is 31.4 Å². The molecule has 1 aliphatic carbocycles. The number of alkyl halides is 2. The van der Waals surface area contributed by atoms with Gasteiger partial charge in [-0.2, -0.15) is 0 Å². The Morgan fingerprint density at radius 3 is 2.62 bits per heavy atom. The number of hydrogen-bond donors (Lipinski definition) is 1. The normalized spacial score (nSPS) is 18.4. The molecular weight excluding hydrogens is 369 g/mol. The lowest BCUT2D eigenvalue weighted by atomic mass is 10.1. The number of ether oxygens (including phenoxy) is 1. The molecule has 26 heavy (non-hydrogen) atoms. The third-order valence-electron chi connectivity index (χ3n) is 4.12. The second-order valence-corrected chi connectivity index (χ2v) is 8.08. The van der Waals surface area contributed by atoms with E-state index >= 15 is 0 Å². The summed E-state index contributed by atoms with van der Waals surface area (Å²) in [5.41, 5.74) is -0.0695. The number of rotatable bonds is 4. The molecule has 0 bridgehead atoms. The van der Waals surface area contributed by atoms with Crippen molar-refractivity contribution in [1.82, 2.24) is 0 Å². The Hall–Kier alpha value is -2.32. The lowest BCUT2D eigenvalue weighted by molar-refractivity contribution is -0.0976. The topological polar surface area (TPSA) is 63.6 Å². The molecule has 3 rings (SSSR count). The van der Waals surface area contributed by atoms with Gasteiger partial charge in [0.25, 0.3) is 5.92 Å². The van der Waals surface area contributed by atoms with Crippen LogP contribution in [0.5, 0.6) is 11.5 Å². The van der Waals surface area contributed by atoms with Gasteiger partial charge in [0.1, 0.15) is 23.4 Å². The van der Waals surface area contributed by atoms with Crippen LogP contribution in [0.4, 0.5) is 13.2 Å². The van der Waals surface area contributed by atoms with Crippen LogP contribution in [0.15, 0.2) is 41.8 Å². The van der Waals surface area contributed by atoms with Crippen LogP contribution < -0.4 is 4.74 Å². The van der Waals surface area contributed by atoms with E-state index in [1.165, 1.54) is 24.3 Å². The molecule has 0 aliphatic heterocycles. The van der Waals surface area contributed by atoms with E-state index in [1.54, 1.807) is 0 Å². The molecule has 138 valence electrons. The molecule has 1 atom stereocenters. The SMILES string of the molecule is C=Cc1cc(F)cc(Oc2ccc(S(C)(=O)=O)c3c2CC(F)(F)[C@H]3O)c1. The van der Waals surface area contributed by atoms with Crippen molar-refractivity contribution >= 4 is 15.9 Å². The van der Waals surface area contributed by atoms with Crippen LogP contribution in [0.3, 0.4) is 0 Å².